The third-order valence-corrected chi connectivity index (χ3v) is 4.92. The summed E-state index contributed by atoms with van der Waals surface area (Å²) >= 11 is 5.68. The molecule has 6 nitrogen and oxygen atoms in total. The summed E-state index contributed by atoms with van der Waals surface area (Å²) in [5.74, 6) is -0.308. The van der Waals surface area contributed by atoms with E-state index in [1.54, 1.807) is 0 Å². The van der Waals surface area contributed by atoms with Crippen molar-refractivity contribution in [2.45, 2.75) is 19.3 Å². The fourth-order valence-corrected chi connectivity index (χ4v) is 3.26. The second-order valence-corrected chi connectivity index (χ2v) is 6.90. The Bertz CT molecular complexity index is 765. The maximum absolute atomic E-state index is 12.0. The number of likely N-dealkylation sites (tertiary alicyclic amines) is 1. The topological polar surface area (TPSA) is 88.6 Å². The summed E-state index contributed by atoms with van der Waals surface area (Å²) in [5.41, 5.74) is 7.26. The normalized spacial score (nSPS) is 15.7. The van der Waals surface area contributed by atoms with Crippen molar-refractivity contribution in [2.24, 2.45) is 11.7 Å². The Balaban J connectivity index is 1.46. The number of halogens is 1. The van der Waals surface area contributed by atoms with Crippen molar-refractivity contribution in [1.82, 2.24) is 4.90 Å². The molecule has 0 aliphatic carbocycles. The summed E-state index contributed by atoms with van der Waals surface area (Å²) in [7, 11) is 0. The lowest BCUT2D eigenvalue weighted by Gasteiger charge is -2.30. The highest BCUT2D eigenvalue weighted by molar-refractivity contribution is 6.29. The average Bonchev–Trinajstić information content (AvgIpc) is 3.08. The maximum Gasteiger partial charge on any atom is 0.291 e. The van der Waals surface area contributed by atoms with Crippen molar-refractivity contribution in [3.63, 3.8) is 0 Å². The van der Waals surface area contributed by atoms with Gasteiger partial charge in [0.1, 0.15) is 0 Å². The number of carbonyl (C=O) groups excluding carboxylic acids is 2. The molecule has 1 aliphatic heterocycles. The van der Waals surface area contributed by atoms with Crippen molar-refractivity contribution >= 4 is 29.1 Å². The Morgan fingerprint density at radius 3 is 2.42 bits per heavy atom. The molecule has 1 saturated heterocycles. The number of nitrogens with two attached hydrogens (primary N) is 1. The molecule has 1 fully saturated rings. The Hall–Kier alpha value is -2.31. The fourth-order valence-electron chi connectivity index (χ4n) is 3.11. The smallest absolute Gasteiger partial charge is 0.291 e. The molecule has 7 heteroatoms. The second-order valence-electron chi connectivity index (χ2n) is 6.52. The van der Waals surface area contributed by atoms with E-state index in [0.29, 0.717) is 5.69 Å². The third-order valence-electron chi connectivity index (χ3n) is 4.72. The molecule has 26 heavy (non-hydrogen) atoms. The molecule has 3 rings (SSSR count). The Labute approximate surface area is 157 Å². The molecule has 0 atom stereocenters. The zero-order valence-corrected chi connectivity index (χ0v) is 15.2. The van der Waals surface area contributed by atoms with Gasteiger partial charge >= 0.3 is 0 Å². The minimum absolute atomic E-state index is 0.0261. The molecule has 0 radical (unpaired) electrons. The van der Waals surface area contributed by atoms with Gasteiger partial charge in [0.25, 0.3) is 5.91 Å². The highest BCUT2D eigenvalue weighted by Crippen LogP contribution is 2.18. The fraction of sp³-hybridized carbons (Fsp3) is 0.368. The summed E-state index contributed by atoms with van der Waals surface area (Å²) in [6.45, 7) is 2.77. The number of amides is 2. The van der Waals surface area contributed by atoms with Gasteiger partial charge < -0.3 is 20.4 Å². The molecule has 1 aromatic carbocycles. The summed E-state index contributed by atoms with van der Waals surface area (Å²) in [6, 6.07) is 10.8. The van der Waals surface area contributed by atoms with Crippen LogP contribution in [0.2, 0.25) is 5.22 Å². The number of carbonyl (C=O) groups is 2. The second kappa shape index (κ2) is 8.38. The van der Waals surface area contributed by atoms with E-state index in [9.17, 15) is 9.59 Å². The van der Waals surface area contributed by atoms with Gasteiger partial charge in [0, 0.05) is 18.2 Å². The van der Waals surface area contributed by atoms with Crippen molar-refractivity contribution in [3.8, 4) is 0 Å². The summed E-state index contributed by atoms with van der Waals surface area (Å²) < 4.78 is 5.09. The lowest BCUT2D eigenvalue weighted by atomic mass is 9.96. The number of benzene rings is 1. The lowest BCUT2D eigenvalue weighted by Crippen LogP contribution is -2.39. The highest BCUT2D eigenvalue weighted by atomic mass is 35.5. The molecule has 1 aromatic heterocycles. The van der Waals surface area contributed by atoms with Gasteiger partial charge in [0.2, 0.25) is 5.91 Å². The number of nitrogens with zero attached hydrogens (tertiary/aromatic N) is 1. The maximum atomic E-state index is 12.0. The van der Waals surface area contributed by atoms with Gasteiger partial charge in [-0.3, -0.25) is 9.59 Å². The molecule has 2 heterocycles. The number of piperidine rings is 1. The minimum Gasteiger partial charge on any atom is -0.440 e. The summed E-state index contributed by atoms with van der Waals surface area (Å²) in [6.07, 6.45) is 2.61. The quantitative estimate of drug-likeness (QED) is 0.812. The van der Waals surface area contributed by atoms with Gasteiger partial charge in [-0.1, -0.05) is 12.1 Å². The Kier molecular flexibility index (Phi) is 5.96. The number of anilines is 1. The lowest BCUT2D eigenvalue weighted by molar-refractivity contribution is -0.123. The first-order valence-electron chi connectivity index (χ1n) is 8.68. The largest absolute Gasteiger partial charge is 0.440 e. The van der Waals surface area contributed by atoms with E-state index in [2.05, 4.69) is 10.2 Å². The standard InChI is InChI=1S/C19H22ClN3O3/c20-17-6-5-16(26-17)19(25)22-15-3-1-13(2-4-15)7-10-23-11-8-14(9-12-23)18(21)24/h1-6,14H,7-12H2,(H2,21,24)(H,22,25). The number of primary amides is 1. The van der Waals surface area contributed by atoms with Crippen molar-refractivity contribution in [3.05, 3.63) is 52.9 Å². The van der Waals surface area contributed by atoms with Crippen molar-refractivity contribution < 1.29 is 14.0 Å². The molecule has 0 spiro atoms. The predicted molar refractivity (Wildman–Crippen MR) is 100 cm³/mol. The molecule has 2 amide bonds. The van der Waals surface area contributed by atoms with Crippen LogP contribution in [0.1, 0.15) is 29.0 Å². The van der Waals surface area contributed by atoms with Crippen LogP contribution >= 0.6 is 11.6 Å². The van der Waals surface area contributed by atoms with E-state index >= 15 is 0 Å². The summed E-state index contributed by atoms with van der Waals surface area (Å²) in [5, 5.41) is 2.96. The van der Waals surface area contributed by atoms with E-state index in [1.165, 1.54) is 17.7 Å². The first kappa shape index (κ1) is 18.5. The van der Waals surface area contributed by atoms with Crippen LogP contribution in [-0.2, 0) is 11.2 Å². The Morgan fingerprint density at radius 2 is 1.85 bits per heavy atom. The zero-order chi connectivity index (χ0) is 18.5. The number of nitrogens with one attached hydrogen (secondary N) is 1. The van der Waals surface area contributed by atoms with Crippen LogP contribution in [0.3, 0.4) is 0 Å². The van der Waals surface area contributed by atoms with Gasteiger partial charge in [-0.05, 0) is 73.8 Å². The minimum atomic E-state index is -0.332. The van der Waals surface area contributed by atoms with Gasteiger partial charge in [0.15, 0.2) is 11.0 Å². The van der Waals surface area contributed by atoms with Gasteiger partial charge in [0.05, 0.1) is 0 Å². The molecule has 0 saturated carbocycles. The molecule has 0 unspecified atom stereocenters. The van der Waals surface area contributed by atoms with Crippen LogP contribution in [0.4, 0.5) is 5.69 Å². The van der Waals surface area contributed by atoms with Crippen LogP contribution in [0.25, 0.3) is 0 Å². The molecule has 138 valence electrons. The average molecular weight is 376 g/mol. The molecule has 2 aromatic rings. The molecular formula is C19H22ClN3O3. The van der Waals surface area contributed by atoms with Gasteiger partial charge in [-0.25, -0.2) is 0 Å². The van der Waals surface area contributed by atoms with Gasteiger partial charge in [-0.15, -0.1) is 0 Å². The number of furan rings is 1. The van der Waals surface area contributed by atoms with Crippen LogP contribution in [-0.4, -0.2) is 36.3 Å². The number of hydrogen-bond donors (Lipinski definition) is 2. The Morgan fingerprint density at radius 1 is 1.15 bits per heavy atom. The molecular weight excluding hydrogens is 354 g/mol. The molecule has 0 bridgehead atoms. The third kappa shape index (κ3) is 4.86. The monoisotopic (exact) mass is 375 g/mol. The van der Waals surface area contributed by atoms with Crippen LogP contribution in [0.5, 0.6) is 0 Å². The number of hydrogen-bond acceptors (Lipinski definition) is 4. The summed E-state index contributed by atoms with van der Waals surface area (Å²) in [4.78, 5) is 25.6. The SMILES string of the molecule is NC(=O)C1CCN(CCc2ccc(NC(=O)c3ccc(Cl)o3)cc2)CC1. The first-order valence-corrected chi connectivity index (χ1v) is 9.06. The van der Waals surface area contributed by atoms with Gasteiger partial charge in [-0.2, -0.15) is 0 Å². The van der Waals surface area contributed by atoms with Crippen LogP contribution in [0, 0.1) is 5.92 Å². The molecule has 1 aliphatic rings. The highest BCUT2D eigenvalue weighted by Gasteiger charge is 2.22. The first-order chi connectivity index (χ1) is 12.5. The van der Waals surface area contributed by atoms with Crippen LogP contribution in [0.15, 0.2) is 40.8 Å². The van der Waals surface area contributed by atoms with E-state index in [1.807, 2.05) is 24.3 Å². The van der Waals surface area contributed by atoms with Crippen LogP contribution < -0.4 is 11.1 Å². The zero-order valence-electron chi connectivity index (χ0n) is 14.4. The van der Waals surface area contributed by atoms with Crippen molar-refractivity contribution in [1.29, 1.82) is 0 Å². The van der Waals surface area contributed by atoms with E-state index < -0.39 is 0 Å². The molecule has 3 N–H and O–H groups in total. The van der Waals surface area contributed by atoms with E-state index in [-0.39, 0.29) is 28.7 Å². The number of rotatable bonds is 6. The van der Waals surface area contributed by atoms with Crippen molar-refractivity contribution in [2.75, 3.05) is 25.0 Å². The van der Waals surface area contributed by atoms with E-state index in [4.69, 9.17) is 21.8 Å². The predicted octanol–water partition coefficient (Wildman–Crippen LogP) is 2.93. The van der Waals surface area contributed by atoms with E-state index in [0.717, 1.165) is 38.9 Å².